The maximum Gasteiger partial charge on any atom is 0.297 e. The van der Waals surface area contributed by atoms with Gasteiger partial charge in [0.15, 0.2) is 5.76 Å². The van der Waals surface area contributed by atoms with Crippen LogP contribution in [0.2, 0.25) is 0 Å². The number of carbonyl (C=O) groups excluding carboxylic acids is 1. The van der Waals surface area contributed by atoms with Gasteiger partial charge in [0, 0.05) is 23.6 Å². The smallest absolute Gasteiger partial charge is 0.297 e. The molecule has 0 bridgehead atoms. The van der Waals surface area contributed by atoms with Gasteiger partial charge >= 0.3 is 0 Å². The van der Waals surface area contributed by atoms with Crippen LogP contribution in [0.5, 0.6) is 11.5 Å². The lowest BCUT2D eigenvalue weighted by atomic mass is 10.1. The molecule has 0 aliphatic carbocycles. The first-order valence-electron chi connectivity index (χ1n) is 10.5. The van der Waals surface area contributed by atoms with Crippen LogP contribution in [-0.4, -0.2) is 36.7 Å². The predicted octanol–water partition coefficient (Wildman–Crippen LogP) is 5.68. The van der Waals surface area contributed by atoms with Gasteiger partial charge in [-0.25, -0.2) is 0 Å². The van der Waals surface area contributed by atoms with Crippen LogP contribution in [-0.2, 0) is 9.53 Å². The van der Waals surface area contributed by atoms with Gasteiger partial charge in [-0.1, -0.05) is 12.1 Å². The van der Waals surface area contributed by atoms with Gasteiger partial charge in [-0.05, 0) is 91.4 Å². The minimum atomic E-state index is -0.218. The fraction of sp³-hybridized carbons (Fsp3) is 0.154. The summed E-state index contributed by atoms with van der Waals surface area (Å²) in [5.74, 6) is 1.59. The largest absolute Gasteiger partial charge is 0.497 e. The van der Waals surface area contributed by atoms with Crippen molar-refractivity contribution >= 4 is 46.4 Å². The van der Waals surface area contributed by atoms with Crippen molar-refractivity contribution in [1.82, 2.24) is 4.90 Å². The first kappa shape index (κ1) is 22.4. The number of likely N-dealkylation sites (N-methyl/N-ethyl adjacent to an activating group) is 1. The van der Waals surface area contributed by atoms with E-state index in [9.17, 15) is 4.79 Å². The fourth-order valence-electron chi connectivity index (χ4n) is 3.55. The van der Waals surface area contributed by atoms with E-state index in [0.717, 1.165) is 34.1 Å². The molecule has 1 aliphatic heterocycles. The topological polar surface area (TPSA) is 51.2 Å². The molecule has 1 saturated heterocycles. The number of ether oxygens (including phenoxy) is 3. The predicted molar refractivity (Wildman–Crippen MR) is 133 cm³/mol. The average molecular weight is 461 g/mol. The van der Waals surface area contributed by atoms with E-state index >= 15 is 0 Å². The standard InChI is InChI=1S/C26H24N2O4S/c1-4-27-25(29)24(32-26(27)33)17-18-5-7-19(8-6-18)28(20-9-13-22(30-2)14-10-20)21-11-15-23(31-3)16-12-21/h5-17H,4H2,1-3H3/b24-17-. The molecule has 3 aromatic carbocycles. The zero-order chi connectivity index (χ0) is 23.4. The van der Waals surface area contributed by atoms with E-state index in [-0.39, 0.29) is 16.8 Å². The van der Waals surface area contributed by atoms with E-state index in [1.54, 1.807) is 20.3 Å². The molecule has 0 aromatic heterocycles. The first-order chi connectivity index (χ1) is 16.0. The minimum absolute atomic E-state index is 0.190. The van der Waals surface area contributed by atoms with Gasteiger partial charge in [0.2, 0.25) is 0 Å². The third-order valence-electron chi connectivity index (χ3n) is 5.30. The Morgan fingerprint density at radius 1 is 0.848 bits per heavy atom. The number of thiocarbonyl (C=S) groups is 1. The van der Waals surface area contributed by atoms with E-state index in [1.807, 2.05) is 79.7 Å². The lowest BCUT2D eigenvalue weighted by Crippen LogP contribution is -2.27. The average Bonchev–Trinajstić information content (AvgIpc) is 3.13. The van der Waals surface area contributed by atoms with Crippen LogP contribution in [0.25, 0.3) is 6.08 Å². The zero-order valence-electron chi connectivity index (χ0n) is 18.6. The maximum atomic E-state index is 12.4. The molecule has 7 heteroatoms. The molecule has 33 heavy (non-hydrogen) atoms. The molecule has 1 amide bonds. The minimum Gasteiger partial charge on any atom is -0.497 e. The van der Waals surface area contributed by atoms with Crippen molar-refractivity contribution in [2.24, 2.45) is 0 Å². The van der Waals surface area contributed by atoms with Gasteiger partial charge in [-0.15, -0.1) is 0 Å². The molecule has 4 rings (SSSR count). The van der Waals surface area contributed by atoms with Crippen molar-refractivity contribution in [2.75, 3.05) is 25.7 Å². The molecule has 3 aromatic rings. The van der Waals surface area contributed by atoms with Gasteiger partial charge in [0.25, 0.3) is 11.1 Å². The molecule has 0 N–H and O–H groups in total. The van der Waals surface area contributed by atoms with Gasteiger partial charge in [0.1, 0.15) is 11.5 Å². The Morgan fingerprint density at radius 3 is 1.70 bits per heavy atom. The Morgan fingerprint density at radius 2 is 1.30 bits per heavy atom. The zero-order valence-corrected chi connectivity index (χ0v) is 19.5. The second-order valence-corrected chi connectivity index (χ2v) is 7.60. The second kappa shape index (κ2) is 9.75. The Hall–Kier alpha value is -3.84. The Kier molecular flexibility index (Phi) is 6.60. The highest BCUT2D eigenvalue weighted by molar-refractivity contribution is 7.80. The summed E-state index contributed by atoms with van der Waals surface area (Å²) in [6.07, 6.45) is 1.71. The van der Waals surface area contributed by atoms with Gasteiger partial charge in [0.05, 0.1) is 14.2 Å². The Labute approximate surface area is 198 Å². The summed E-state index contributed by atoms with van der Waals surface area (Å²) in [5.41, 5.74) is 3.75. The van der Waals surface area contributed by atoms with Crippen LogP contribution >= 0.6 is 12.2 Å². The normalized spacial score (nSPS) is 14.4. The van der Waals surface area contributed by atoms with E-state index in [4.69, 9.17) is 26.4 Å². The van der Waals surface area contributed by atoms with Crippen LogP contribution in [0.4, 0.5) is 17.1 Å². The SMILES string of the molecule is CCN1C(=O)/C(=C/c2ccc(N(c3ccc(OC)cc3)c3ccc(OC)cc3)cc2)OC1=S. The number of benzene rings is 3. The number of methoxy groups -OCH3 is 2. The maximum absolute atomic E-state index is 12.4. The second-order valence-electron chi connectivity index (χ2n) is 7.25. The number of anilines is 3. The molecular weight excluding hydrogens is 436 g/mol. The van der Waals surface area contributed by atoms with Crippen LogP contribution in [0.1, 0.15) is 12.5 Å². The van der Waals surface area contributed by atoms with Gasteiger partial charge in [-0.3, -0.25) is 9.69 Å². The molecule has 6 nitrogen and oxygen atoms in total. The van der Waals surface area contributed by atoms with Crippen molar-refractivity contribution in [1.29, 1.82) is 0 Å². The highest BCUT2D eigenvalue weighted by Gasteiger charge is 2.31. The summed E-state index contributed by atoms with van der Waals surface area (Å²) < 4.78 is 16.1. The van der Waals surface area contributed by atoms with Gasteiger partial charge < -0.3 is 19.1 Å². The van der Waals surface area contributed by atoms with Gasteiger partial charge in [-0.2, -0.15) is 0 Å². The van der Waals surface area contributed by atoms with Crippen molar-refractivity contribution in [3.05, 3.63) is 84.1 Å². The number of carbonyl (C=O) groups is 1. The highest BCUT2D eigenvalue weighted by atomic mass is 32.1. The van der Waals surface area contributed by atoms with Crippen LogP contribution < -0.4 is 14.4 Å². The monoisotopic (exact) mass is 460 g/mol. The van der Waals surface area contributed by atoms with E-state index in [1.165, 1.54) is 4.90 Å². The lowest BCUT2D eigenvalue weighted by Gasteiger charge is -2.26. The summed E-state index contributed by atoms with van der Waals surface area (Å²) in [4.78, 5) is 16.0. The third kappa shape index (κ3) is 4.68. The molecule has 1 heterocycles. The molecule has 0 unspecified atom stereocenters. The number of hydrogen-bond acceptors (Lipinski definition) is 6. The molecule has 0 saturated carbocycles. The summed E-state index contributed by atoms with van der Waals surface area (Å²) in [7, 11) is 3.30. The van der Waals surface area contributed by atoms with Crippen molar-refractivity contribution in [2.45, 2.75) is 6.92 Å². The van der Waals surface area contributed by atoms with Crippen LogP contribution in [0, 0.1) is 0 Å². The van der Waals surface area contributed by atoms with E-state index < -0.39 is 0 Å². The molecular formula is C26H24N2O4S. The summed E-state index contributed by atoms with van der Waals surface area (Å²) in [5, 5.41) is 0.190. The van der Waals surface area contributed by atoms with E-state index in [0.29, 0.717) is 6.54 Å². The number of rotatable bonds is 7. The third-order valence-corrected chi connectivity index (χ3v) is 5.60. The highest BCUT2D eigenvalue weighted by Crippen LogP contribution is 2.36. The first-order valence-corrected chi connectivity index (χ1v) is 10.9. The summed E-state index contributed by atoms with van der Waals surface area (Å²) >= 11 is 5.13. The van der Waals surface area contributed by atoms with Crippen LogP contribution in [0.3, 0.4) is 0 Å². The molecule has 0 radical (unpaired) electrons. The summed E-state index contributed by atoms with van der Waals surface area (Å²) in [6.45, 7) is 2.34. The molecule has 0 atom stereocenters. The summed E-state index contributed by atoms with van der Waals surface area (Å²) in [6, 6.07) is 23.6. The molecule has 1 aliphatic rings. The quantitative estimate of drug-likeness (QED) is 0.334. The van der Waals surface area contributed by atoms with Crippen molar-refractivity contribution in [3.8, 4) is 11.5 Å². The Bertz CT molecular complexity index is 1120. The van der Waals surface area contributed by atoms with Crippen molar-refractivity contribution < 1.29 is 19.0 Å². The van der Waals surface area contributed by atoms with E-state index in [2.05, 4.69) is 4.90 Å². The number of hydrogen-bond donors (Lipinski definition) is 0. The Balaban J connectivity index is 1.67. The van der Waals surface area contributed by atoms with Crippen LogP contribution in [0.15, 0.2) is 78.6 Å². The number of nitrogens with zero attached hydrogens (tertiary/aromatic N) is 2. The molecule has 0 spiro atoms. The number of amides is 1. The fourth-order valence-corrected chi connectivity index (χ4v) is 3.86. The lowest BCUT2D eigenvalue weighted by molar-refractivity contribution is -0.122. The molecule has 1 fully saturated rings. The molecule has 168 valence electrons. The van der Waals surface area contributed by atoms with Crippen molar-refractivity contribution in [3.63, 3.8) is 0 Å².